The van der Waals surface area contributed by atoms with E-state index in [9.17, 15) is 67.7 Å². The van der Waals surface area contributed by atoms with E-state index < -0.39 is 151 Å². The molecule has 16 N–H and O–H groups in total. The van der Waals surface area contributed by atoms with E-state index >= 15 is 0 Å². The predicted molar refractivity (Wildman–Crippen MR) is 265 cm³/mol. The lowest BCUT2D eigenvalue weighted by Crippen LogP contribution is -2.60. The third kappa shape index (κ3) is 23.8. The normalized spacial score (nSPS) is 17.1. The predicted octanol–water partition coefficient (Wildman–Crippen LogP) is -2.67. The summed E-state index contributed by atoms with van der Waals surface area (Å²) in [6, 6.07) is -12.9. The Labute approximate surface area is 426 Å². The Morgan fingerprint density at radius 1 is 0.534 bits per heavy atom. The van der Waals surface area contributed by atoms with Crippen molar-refractivity contribution in [2.75, 3.05) is 13.1 Å². The Kier molecular flexibility index (Phi) is 28.2. The van der Waals surface area contributed by atoms with E-state index in [2.05, 4.69) is 42.5 Å². The molecule has 10 atom stereocenters. The van der Waals surface area contributed by atoms with Crippen molar-refractivity contribution in [2.24, 2.45) is 35.0 Å². The van der Waals surface area contributed by atoms with Gasteiger partial charge in [0.1, 0.15) is 54.4 Å². The zero-order chi connectivity index (χ0) is 55.9. The number of rotatable bonds is 33. The summed E-state index contributed by atoms with van der Waals surface area (Å²) in [5.74, 6) is -11.5. The highest BCUT2D eigenvalue weighted by Crippen LogP contribution is 2.20. The molecule has 26 nitrogen and oxygen atoms in total. The first kappa shape index (κ1) is 64.6. The first-order chi connectivity index (χ1) is 34.0. The van der Waals surface area contributed by atoms with E-state index in [1.165, 1.54) is 20.8 Å². The van der Waals surface area contributed by atoms with Crippen LogP contribution in [0, 0.1) is 17.8 Å². The van der Waals surface area contributed by atoms with Gasteiger partial charge in [0.2, 0.25) is 59.1 Å². The number of carbonyl (C=O) groups is 12. The highest BCUT2D eigenvalue weighted by Gasteiger charge is 2.41. The summed E-state index contributed by atoms with van der Waals surface area (Å²) in [4.78, 5) is 158. The third-order valence-corrected chi connectivity index (χ3v) is 11.7. The summed E-state index contributed by atoms with van der Waals surface area (Å²) in [6.07, 6.45) is 0.361. The van der Waals surface area contributed by atoms with Crippen LogP contribution in [0.4, 0.5) is 0 Å². The fourth-order valence-electron chi connectivity index (χ4n) is 7.75. The number of primary amides is 1. The van der Waals surface area contributed by atoms with Crippen LogP contribution in [0.5, 0.6) is 0 Å². The van der Waals surface area contributed by atoms with Gasteiger partial charge in [-0.1, -0.05) is 48.0 Å². The fourth-order valence-corrected chi connectivity index (χ4v) is 7.75. The van der Waals surface area contributed by atoms with Crippen molar-refractivity contribution < 1.29 is 67.7 Å². The molecule has 1 rings (SSSR count). The Morgan fingerprint density at radius 3 is 1.42 bits per heavy atom. The van der Waals surface area contributed by atoms with E-state index in [4.69, 9.17) is 17.2 Å². The van der Waals surface area contributed by atoms with Crippen molar-refractivity contribution in [2.45, 2.75) is 193 Å². The lowest BCUT2D eigenvalue weighted by molar-refractivity contribution is -0.146. The van der Waals surface area contributed by atoms with E-state index in [-0.39, 0.29) is 56.4 Å². The number of carbonyl (C=O) groups excluding carboxylic acids is 10. The lowest BCUT2D eigenvalue weighted by atomic mass is 10.0. The molecule has 414 valence electrons. The molecule has 1 aliphatic rings. The lowest BCUT2D eigenvalue weighted by Gasteiger charge is -2.30. The van der Waals surface area contributed by atoms with Gasteiger partial charge in [-0.05, 0) is 96.4 Å². The van der Waals surface area contributed by atoms with Crippen LogP contribution in [0.2, 0.25) is 0 Å². The minimum absolute atomic E-state index is 0.0453. The molecule has 0 aromatic rings. The fraction of sp³-hybridized carbons (Fsp3) is 0.745. The van der Waals surface area contributed by atoms with Gasteiger partial charge in [-0.15, -0.1) is 0 Å². The van der Waals surface area contributed by atoms with Gasteiger partial charge in [0.15, 0.2) is 0 Å². The maximum Gasteiger partial charge on any atom is 0.326 e. The van der Waals surface area contributed by atoms with Crippen LogP contribution in [-0.4, -0.2) is 160 Å². The number of carboxylic acids is 2. The van der Waals surface area contributed by atoms with Crippen LogP contribution in [0.1, 0.15) is 133 Å². The molecule has 26 heteroatoms. The minimum atomic E-state index is -1.81. The topological polar surface area (TPSA) is 423 Å². The second-order valence-corrected chi connectivity index (χ2v) is 19.9. The molecule has 1 heterocycles. The third-order valence-electron chi connectivity index (χ3n) is 11.7. The number of nitrogens with two attached hydrogens (primary N) is 3. The number of hydrogen-bond acceptors (Lipinski definition) is 14. The average Bonchev–Trinajstić information content (AvgIpc) is 3.78. The molecule has 1 aliphatic heterocycles. The first-order valence-corrected chi connectivity index (χ1v) is 24.9. The van der Waals surface area contributed by atoms with Gasteiger partial charge < -0.3 is 74.8 Å². The minimum Gasteiger partial charge on any atom is -0.481 e. The number of carboxylic acid groups (broad SMARTS) is 2. The summed E-state index contributed by atoms with van der Waals surface area (Å²) < 4.78 is 0. The van der Waals surface area contributed by atoms with Crippen LogP contribution in [0.15, 0.2) is 0 Å². The molecule has 0 bridgehead atoms. The highest BCUT2D eigenvalue weighted by atomic mass is 16.4. The van der Waals surface area contributed by atoms with Crippen molar-refractivity contribution in [3.8, 4) is 0 Å². The number of unbranched alkanes of at least 4 members (excludes halogenated alkanes) is 1. The SMILES string of the molecule is CC(C)C[C@H](NC(=O)[C@H](C)NC(=O)[C@H](CC(C)C)NC(=O)[C@H](C)NC(=O)[C@@H]1CCCN1C(=O)[C@H](CC(=O)O)NC(=O)[C@H](CCC(N)=O)NC(=O)[C@H](CC(C)C)NC(=O)[C@H](C)NC(=O)[C@@H](N)CCCCN)C(=O)O. The van der Waals surface area contributed by atoms with Crippen LogP contribution < -0.4 is 59.7 Å². The van der Waals surface area contributed by atoms with Gasteiger partial charge >= 0.3 is 11.9 Å². The molecule has 10 amide bonds. The second kappa shape index (κ2) is 31.9. The van der Waals surface area contributed by atoms with Crippen molar-refractivity contribution in [1.29, 1.82) is 0 Å². The number of nitrogens with zero attached hydrogens (tertiary/aromatic N) is 1. The van der Waals surface area contributed by atoms with Gasteiger partial charge in [0, 0.05) is 13.0 Å². The molecule has 0 spiro atoms. The van der Waals surface area contributed by atoms with E-state index in [0.29, 0.717) is 25.8 Å². The maximum atomic E-state index is 14.1. The quantitative estimate of drug-likeness (QED) is 0.0298. The van der Waals surface area contributed by atoms with Crippen LogP contribution >= 0.6 is 0 Å². The summed E-state index contributed by atoms with van der Waals surface area (Å²) >= 11 is 0. The van der Waals surface area contributed by atoms with Crippen LogP contribution in [0.3, 0.4) is 0 Å². The van der Waals surface area contributed by atoms with Crippen molar-refractivity contribution in [3.05, 3.63) is 0 Å². The van der Waals surface area contributed by atoms with Gasteiger partial charge in [0.05, 0.1) is 12.5 Å². The Hall–Kier alpha value is -6.44. The summed E-state index contributed by atoms with van der Waals surface area (Å²) in [5, 5.41) is 39.2. The maximum absolute atomic E-state index is 14.1. The second-order valence-electron chi connectivity index (χ2n) is 19.9. The standard InChI is InChI=1S/C47H82N12O14/c1-23(2)19-31(43(68)52-27(8)40(65)58-34(47(72)73)21-25(5)6)55-39(64)28(9)53-45(70)35-14-12-18-59(35)46(71)33(22-37(61)62)57-42(67)30(15-16-36(50)60)54-44(69)32(20-24(3)4)56-38(63)26(7)51-41(66)29(49)13-10-11-17-48/h23-35H,10-22,48-49H2,1-9H3,(H2,50,60)(H,51,66)(H,52,68)(H,53,70)(H,54,69)(H,55,64)(H,56,63)(H,57,67)(H,58,65)(H,61,62)(H,72,73)/t26-,27-,28-,29-,30-,31-,32-,33-,34-,35-/m0/s1. The Bertz CT molecular complexity index is 1950. The highest BCUT2D eigenvalue weighted by molar-refractivity contribution is 5.99. The molecular formula is C47H82N12O14. The summed E-state index contributed by atoms with van der Waals surface area (Å²) in [5.41, 5.74) is 16.8. The van der Waals surface area contributed by atoms with Gasteiger partial charge in [-0.25, -0.2) is 4.79 Å². The summed E-state index contributed by atoms with van der Waals surface area (Å²) in [6.45, 7) is 15.1. The molecule has 0 aromatic heterocycles. The molecule has 0 unspecified atom stereocenters. The van der Waals surface area contributed by atoms with Gasteiger partial charge in [-0.2, -0.15) is 0 Å². The molecule has 1 saturated heterocycles. The zero-order valence-corrected chi connectivity index (χ0v) is 43.7. The molecule has 1 fully saturated rings. The average molecular weight is 1040 g/mol. The van der Waals surface area contributed by atoms with Crippen LogP contribution in [0.25, 0.3) is 0 Å². The molecule has 0 radical (unpaired) electrons. The smallest absolute Gasteiger partial charge is 0.326 e. The monoisotopic (exact) mass is 1040 g/mol. The molecule has 0 saturated carbocycles. The van der Waals surface area contributed by atoms with Crippen molar-refractivity contribution in [3.63, 3.8) is 0 Å². The van der Waals surface area contributed by atoms with E-state index in [1.807, 2.05) is 0 Å². The molecule has 73 heavy (non-hydrogen) atoms. The number of likely N-dealkylation sites (tertiary alicyclic amines) is 1. The zero-order valence-electron chi connectivity index (χ0n) is 43.7. The molecule has 0 aliphatic carbocycles. The number of hydrogen-bond donors (Lipinski definition) is 13. The number of aliphatic carboxylic acids is 2. The largest absolute Gasteiger partial charge is 0.481 e. The van der Waals surface area contributed by atoms with E-state index in [1.54, 1.807) is 41.5 Å². The Morgan fingerprint density at radius 2 is 0.959 bits per heavy atom. The van der Waals surface area contributed by atoms with Gasteiger partial charge in [0.25, 0.3) is 0 Å². The Balaban J connectivity index is 3.22. The number of amides is 10. The van der Waals surface area contributed by atoms with Crippen molar-refractivity contribution in [1.82, 2.24) is 47.4 Å². The molecular weight excluding hydrogens is 957 g/mol. The number of nitrogens with one attached hydrogen (secondary N) is 8. The summed E-state index contributed by atoms with van der Waals surface area (Å²) in [7, 11) is 0. The van der Waals surface area contributed by atoms with Crippen LogP contribution in [-0.2, 0) is 57.5 Å². The van der Waals surface area contributed by atoms with Crippen molar-refractivity contribution >= 4 is 71.0 Å². The molecule has 0 aromatic carbocycles. The van der Waals surface area contributed by atoms with Gasteiger partial charge in [-0.3, -0.25) is 52.7 Å². The van der Waals surface area contributed by atoms with E-state index in [0.717, 1.165) is 4.90 Å². The first-order valence-electron chi connectivity index (χ1n) is 24.9.